The molecule has 0 radical (unpaired) electrons. The highest BCUT2D eigenvalue weighted by Gasteiger charge is 2.34. The number of oxime groups is 1. The summed E-state index contributed by atoms with van der Waals surface area (Å²) in [5, 5.41) is 11.8. The number of hydrogen-bond donors (Lipinski definition) is 1. The minimum atomic E-state index is -4.58. The lowest BCUT2D eigenvalue weighted by atomic mass is 10.2. The molecule has 0 saturated heterocycles. The first-order chi connectivity index (χ1) is 12.6. The number of alkyl halides is 3. The minimum absolute atomic E-state index is 0.0348. The number of hydrogen-bond acceptors (Lipinski definition) is 7. The summed E-state index contributed by atoms with van der Waals surface area (Å²) >= 11 is 0. The monoisotopic (exact) mass is 401 g/mol. The Kier molecular flexibility index (Phi) is 4.54. The van der Waals surface area contributed by atoms with Crippen LogP contribution in [0.2, 0.25) is 0 Å². The van der Waals surface area contributed by atoms with Crippen LogP contribution in [0.1, 0.15) is 24.4 Å². The number of aromatic nitrogens is 3. The fourth-order valence-electron chi connectivity index (χ4n) is 2.65. The van der Waals surface area contributed by atoms with Gasteiger partial charge < -0.3 is 9.77 Å². The number of allylic oxidation sites excluding steroid dienone is 1. The van der Waals surface area contributed by atoms with Gasteiger partial charge in [0.15, 0.2) is 15.5 Å². The van der Waals surface area contributed by atoms with Crippen molar-refractivity contribution < 1.29 is 26.8 Å². The summed E-state index contributed by atoms with van der Waals surface area (Å²) in [5.41, 5.74) is -0.900. The maximum absolute atomic E-state index is 12.9. The van der Waals surface area contributed by atoms with Crippen molar-refractivity contribution in [1.82, 2.24) is 14.5 Å². The predicted octanol–water partition coefficient (Wildman–Crippen LogP) is 2.26. The molecule has 8 nitrogen and oxygen atoms in total. The van der Waals surface area contributed by atoms with E-state index in [2.05, 4.69) is 20.1 Å². The van der Waals surface area contributed by atoms with Gasteiger partial charge >= 0.3 is 6.18 Å². The van der Waals surface area contributed by atoms with Gasteiger partial charge in [0.1, 0.15) is 23.1 Å². The van der Waals surface area contributed by atoms with Gasteiger partial charge in [-0.2, -0.15) is 13.2 Å². The van der Waals surface area contributed by atoms with E-state index < -0.39 is 27.6 Å². The van der Waals surface area contributed by atoms with E-state index in [4.69, 9.17) is 5.21 Å². The van der Waals surface area contributed by atoms with Gasteiger partial charge in [0.05, 0.1) is 22.4 Å². The van der Waals surface area contributed by atoms with Crippen LogP contribution in [-0.4, -0.2) is 45.8 Å². The van der Waals surface area contributed by atoms with Crippen molar-refractivity contribution in [2.75, 3.05) is 5.75 Å². The smallest absolute Gasteiger partial charge is 0.410 e. The molecule has 3 rings (SSSR count). The molecule has 1 aliphatic rings. The molecule has 0 aromatic carbocycles. The van der Waals surface area contributed by atoms with Crippen molar-refractivity contribution in [1.29, 1.82) is 0 Å². The zero-order valence-electron chi connectivity index (χ0n) is 14.1. The van der Waals surface area contributed by atoms with Gasteiger partial charge in [-0.05, 0) is 12.1 Å². The molecule has 12 heteroatoms. The number of aliphatic imine (C=N–C) groups is 1. The van der Waals surface area contributed by atoms with Gasteiger partial charge in [-0.3, -0.25) is 4.99 Å². The van der Waals surface area contributed by atoms with E-state index in [0.29, 0.717) is 6.20 Å². The Morgan fingerprint density at radius 2 is 2.07 bits per heavy atom. The number of aryl methyl sites for hydroxylation is 1. The SMILES string of the molecule is CCS(=O)(=O)C1=C/C(=N/O)C=NC1c1nc2cc(C(F)(F)F)cnc2n1C. The van der Waals surface area contributed by atoms with Crippen LogP contribution in [0.5, 0.6) is 0 Å². The average molecular weight is 401 g/mol. The van der Waals surface area contributed by atoms with Gasteiger partial charge in [0.2, 0.25) is 0 Å². The van der Waals surface area contributed by atoms with Crippen LogP contribution in [-0.2, 0) is 23.1 Å². The molecule has 3 heterocycles. The van der Waals surface area contributed by atoms with Gasteiger partial charge in [0.25, 0.3) is 0 Å². The lowest BCUT2D eigenvalue weighted by molar-refractivity contribution is -0.137. The first kappa shape index (κ1) is 19.0. The van der Waals surface area contributed by atoms with Crippen LogP contribution in [0.25, 0.3) is 11.2 Å². The molecular formula is C15H14F3N5O3S. The molecule has 0 spiro atoms. The van der Waals surface area contributed by atoms with Crippen molar-refractivity contribution in [3.05, 3.63) is 34.6 Å². The van der Waals surface area contributed by atoms with E-state index >= 15 is 0 Å². The summed E-state index contributed by atoms with van der Waals surface area (Å²) in [4.78, 5) is 11.9. The highest BCUT2D eigenvalue weighted by atomic mass is 32.2. The Hall–Kier alpha value is -2.76. The van der Waals surface area contributed by atoms with E-state index in [0.717, 1.165) is 18.4 Å². The van der Waals surface area contributed by atoms with Crippen molar-refractivity contribution >= 4 is 32.9 Å². The van der Waals surface area contributed by atoms with E-state index in [1.165, 1.54) is 18.5 Å². The van der Waals surface area contributed by atoms with Crippen LogP contribution in [0.15, 0.2) is 33.4 Å². The summed E-state index contributed by atoms with van der Waals surface area (Å²) in [6.07, 6.45) is -1.57. The van der Waals surface area contributed by atoms with Crippen LogP contribution in [0.3, 0.4) is 0 Å². The maximum atomic E-state index is 12.9. The number of pyridine rings is 1. The molecular weight excluding hydrogens is 387 g/mol. The topological polar surface area (TPSA) is 110 Å². The Bertz CT molecular complexity index is 1100. The molecule has 144 valence electrons. The van der Waals surface area contributed by atoms with Crippen LogP contribution >= 0.6 is 0 Å². The predicted molar refractivity (Wildman–Crippen MR) is 91.5 cm³/mol. The number of imidazole rings is 1. The normalized spacial score (nSPS) is 19.7. The molecule has 1 N–H and O–H groups in total. The van der Waals surface area contributed by atoms with Crippen molar-refractivity contribution in [2.45, 2.75) is 19.1 Å². The fourth-order valence-corrected chi connectivity index (χ4v) is 3.79. The molecule has 1 aliphatic heterocycles. The van der Waals surface area contributed by atoms with Crippen LogP contribution < -0.4 is 0 Å². The molecule has 0 amide bonds. The second-order valence-corrected chi connectivity index (χ2v) is 8.03. The zero-order valence-corrected chi connectivity index (χ0v) is 15.0. The van der Waals surface area contributed by atoms with Gasteiger partial charge in [-0.15, -0.1) is 0 Å². The molecule has 0 aliphatic carbocycles. The first-order valence-electron chi connectivity index (χ1n) is 7.67. The lowest BCUT2D eigenvalue weighted by Gasteiger charge is -2.19. The zero-order chi connectivity index (χ0) is 20.0. The highest BCUT2D eigenvalue weighted by molar-refractivity contribution is 7.95. The molecule has 1 atom stereocenters. The number of dihydropyridines is 1. The van der Waals surface area contributed by atoms with Crippen molar-refractivity contribution in [2.24, 2.45) is 17.2 Å². The quantitative estimate of drug-likeness (QED) is 0.627. The molecule has 1 unspecified atom stereocenters. The fraction of sp³-hybridized carbons (Fsp3) is 0.333. The molecule has 2 aromatic rings. The number of sulfone groups is 1. The third-order valence-corrected chi connectivity index (χ3v) is 5.91. The van der Waals surface area contributed by atoms with E-state index in [1.54, 1.807) is 0 Å². The molecule has 2 aromatic heterocycles. The van der Waals surface area contributed by atoms with E-state index in [-0.39, 0.29) is 33.4 Å². The number of rotatable bonds is 3. The largest absolute Gasteiger partial charge is 0.417 e. The van der Waals surface area contributed by atoms with Crippen LogP contribution in [0, 0.1) is 0 Å². The van der Waals surface area contributed by atoms with Gasteiger partial charge in [-0.25, -0.2) is 18.4 Å². The summed E-state index contributed by atoms with van der Waals surface area (Å²) in [6, 6.07) is -0.245. The standard InChI is InChI=1S/C15H14F3N5O3S/c1-3-27(25,26)11-5-9(22-24)7-19-12(11)14-21-10-4-8(15(16,17)18)6-20-13(10)23(14)2/h4-7,12,24H,3H2,1-2H3/b22-9-. The summed E-state index contributed by atoms with van der Waals surface area (Å²) in [5.74, 6) is -0.127. The molecule has 0 fully saturated rings. The number of fused-ring (bicyclic) bond motifs is 1. The van der Waals surface area contributed by atoms with Crippen LogP contribution in [0.4, 0.5) is 13.2 Å². The van der Waals surface area contributed by atoms with Gasteiger partial charge in [0, 0.05) is 13.2 Å². The molecule has 0 bridgehead atoms. The third kappa shape index (κ3) is 3.31. The first-order valence-corrected chi connectivity index (χ1v) is 9.33. The van der Waals surface area contributed by atoms with Gasteiger partial charge in [-0.1, -0.05) is 12.1 Å². The minimum Gasteiger partial charge on any atom is -0.410 e. The Labute approximate surface area is 151 Å². The highest BCUT2D eigenvalue weighted by Crippen LogP contribution is 2.34. The summed E-state index contributed by atoms with van der Waals surface area (Å²) in [7, 11) is -2.24. The van der Waals surface area contributed by atoms with E-state index in [1.807, 2.05) is 0 Å². The molecule has 0 saturated carbocycles. The average Bonchev–Trinajstić information content (AvgIpc) is 2.96. The lowest BCUT2D eigenvalue weighted by Crippen LogP contribution is -2.21. The van der Waals surface area contributed by atoms with Crippen molar-refractivity contribution in [3.8, 4) is 0 Å². The number of halogens is 3. The second-order valence-electron chi connectivity index (χ2n) is 5.75. The molecule has 27 heavy (non-hydrogen) atoms. The Morgan fingerprint density at radius 1 is 1.37 bits per heavy atom. The van der Waals surface area contributed by atoms with E-state index in [9.17, 15) is 21.6 Å². The van der Waals surface area contributed by atoms with Crippen molar-refractivity contribution in [3.63, 3.8) is 0 Å². The summed E-state index contributed by atoms with van der Waals surface area (Å²) in [6.45, 7) is 1.44. The second kappa shape index (κ2) is 6.44. The maximum Gasteiger partial charge on any atom is 0.417 e. The Balaban J connectivity index is 2.18. The third-order valence-electron chi connectivity index (χ3n) is 4.09. The number of nitrogens with zero attached hydrogens (tertiary/aromatic N) is 5. The Morgan fingerprint density at radius 3 is 2.67 bits per heavy atom. The summed E-state index contributed by atoms with van der Waals surface area (Å²) < 4.78 is 65.0.